The molecule has 2 aliphatic carbocycles. The van der Waals surface area contributed by atoms with E-state index in [1.54, 1.807) is 0 Å². The fourth-order valence-electron chi connectivity index (χ4n) is 4.05. The maximum atomic E-state index is 12.7. The minimum atomic E-state index is -3.99. The summed E-state index contributed by atoms with van der Waals surface area (Å²) in [5, 5.41) is 3.63. The van der Waals surface area contributed by atoms with Gasteiger partial charge in [-0.25, -0.2) is 0 Å². The van der Waals surface area contributed by atoms with Gasteiger partial charge in [0.05, 0.1) is 5.92 Å². The first-order valence-corrected chi connectivity index (χ1v) is 8.49. The van der Waals surface area contributed by atoms with Crippen LogP contribution in [0.1, 0.15) is 72.1 Å². The van der Waals surface area contributed by atoms with Crippen LogP contribution in [0.2, 0.25) is 0 Å². The summed E-state index contributed by atoms with van der Waals surface area (Å²) in [6.45, 7) is 6.93. The molecule has 0 bridgehead atoms. The second-order valence-electron chi connectivity index (χ2n) is 8.17. The van der Waals surface area contributed by atoms with Gasteiger partial charge in [-0.15, -0.1) is 0 Å². The van der Waals surface area contributed by atoms with Crippen LogP contribution in [-0.2, 0) is 0 Å². The van der Waals surface area contributed by atoms with E-state index in [9.17, 15) is 13.2 Å². The third-order valence-electron chi connectivity index (χ3n) is 5.61. The monoisotopic (exact) mass is 305 g/mol. The van der Waals surface area contributed by atoms with Gasteiger partial charge in [-0.3, -0.25) is 0 Å². The van der Waals surface area contributed by atoms with Gasteiger partial charge in [0.2, 0.25) is 0 Å². The van der Waals surface area contributed by atoms with Gasteiger partial charge in [-0.05, 0) is 62.7 Å². The minimum absolute atomic E-state index is 0.304. The summed E-state index contributed by atoms with van der Waals surface area (Å²) >= 11 is 0. The van der Waals surface area contributed by atoms with E-state index in [-0.39, 0.29) is 0 Å². The van der Waals surface area contributed by atoms with Crippen molar-refractivity contribution >= 4 is 0 Å². The van der Waals surface area contributed by atoms with Crippen LogP contribution in [0, 0.1) is 17.3 Å². The van der Waals surface area contributed by atoms with Crippen LogP contribution in [0.5, 0.6) is 0 Å². The van der Waals surface area contributed by atoms with E-state index in [2.05, 4.69) is 26.1 Å². The molecule has 0 aromatic carbocycles. The van der Waals surface area contributed by atoms with Crippen molar-refractivity contribution < 1.29 is 13.2 Å². The Morgan fingerprint density at radius 1 is 0.667 bits per heavy atom. The van der Waals surface area contributed by atoms with Gasteiger partial charge in [0.25, 0.3) is 0 Å². The van der Waals surface area contributed by atoms with Crippen molar-refractivity contribution in [3.8, 4) is 0 Å². The Bertz CT molecular complexity index is 284. The molecule has 21 heavy (non-hydrogen) atoms. The van der Waals surface area contributed by atoms with Crippen LogP contribution >= 0.6 is 0 Å². The molecule has 1 N–H and O–H groups in total. The van der Waals surface area contributed by atoms with E-state index in [1.165, 1.54) is 25.7 Å². The Hall–Kier alpha value is -0.250. The molecule has 4 heteroatoms. The Balaban J connectivity index is 1.71. The van der Waals surface area contributed by atoms with E-state index in [1.807, 2.05) is 0 Å². The Labute approximate surface area is 127 Å². The molecule has 124 valence electrons. The highest BCUT2D eigenvalue weighted by atomic mass is 19.4. The van der Waals surface area contributed by atoms with Gasteiger partial charge < -0.3 is 5.32 Å². The fraction of sp³-hybridized carbons (Fsp3) is 1.00. The maximum Gasteiger partial charge on any atom is 0.391 e. The average molecular weight is 305 g/mol. The zero-order chi connectivity index (χ0) is 15.7. The van der Waals surface area contributed by atoms with Crippen LogP contribution in [-0.4, -0.2) is 18.3 Å². The van der Waals surface area contributed by atoms with Crippen molar-refractivity contribution in [3.63, 3.8) is 0 Å². The van der Waals surface area contributed by atoms with Crippen molar-refractivity contribution in [1.82, 2.24) is 5.32 Å². The summed E-state index contributed by atoms with van der Waals surface area (Å²) in [5.41, 5.74) is 0.385. The highest BCUT2D eigenvalue weighted by molar-refractivity contribution is 4.87. The van der Waals surface area contributed by atoms with E-state index in [0.29, 0.717) is 43.2 Å². The lowest BCUT2D eigenvalue weighted by Gasteiger charge is -2.39. The van der Waals surface area contributed by atoms with Gasteiger partial charge >= 0.3 is 6.18 Å². The van der Waals surface area contributed by atoms with Crippen LogP contribution in [0.3, 0.4) is 0 Å². The molecule has 0 heterocycles. The average Bonchev–Trinajstić information content (AvgIpc) is 2.38. The normalized spacial score (nSPS) is 35.7. The van der Waals surface area contributed by atoms with Crippen LogP contribution in [0.15, 0.2) is 0 Å². The van der Waals surface area contributed by atoms with Gasteiger partial charge in [0.15, 0.2) is 0 Å². The van der Waals surface area contributed by atoms with Crippen molar-refractivity contribution in [3.05, 3.63) is 0 Å². The van der Waals surface area contributed by atoms with Crippen molar-refractivity contribution in [1.29, 1.82) is 0 Å². The molecule has 0 unspecified atom stereocenters. The quantitative estimate of drug-likeness (QED) is 0.729. The van der Waals surface area contributed by atoms with Crippen molar-refractivity contribution in [2.24, 2.45) is 17.3 Å². The van der Waals surface area contributed by atoms with Gasteiger partial charge in [0, 0.05) is 12.1 Å². The lowest BCUT2D eigenvalue weighted by Crippen LogP contribution is -2.44. The predicted molar refractivity (Wildman–Crippen MR) is 80.1 cm³/mol. The molecule has 2 saturated carbocycles. The molecule has 2 aliphatic rings. The molecule has 0 spiro atoms. The van der Waals surface area contributed by atoms with Gasteiger partial charge in [0.1, 0.15) is 0 Å². The molecule has 0 saturated heterocycles. The first-order valence-electron chi connectivity index (χ1n) is 8.49. The van der Waals surface area contributed by atoms with Crippen LogP contribution in [0.4, 0.5) is 13.2 Å². The summed E-state index contributed by atoms with van der Waals surface area (Å²) in [7, 11) is 0. The largest absolute Gasteiger partial charge is 0.391 e. The third-order valence-corrected chi connectivity index (χ3v) is 5.61. The summed E-state index contributed by atoms with van der Waals surface area (Å²) in [5.74, 6) is -0.274. The molecular weight excluding hydrogens is 275 g/mol. The number of hydrogen-bond acceptors (Lipinski definition) is 1. The van der Waals surface area contributed by atoms with Crippen LogP contribution in [0.25, 0.3) is 0 Å². The number of hydrogen-bond donors (Lipinski definition) is 1. The summed E-state index contributed by atoms with van der Waals surface area (Å²) in [6, 6.07) is 0.829. The molecule has 0 amide bonds. The zero-order valence-electron chi connectivity index (χ0n) is 13.6. The lowest BCUT2D eigenvalue weighted by atomic mass is 9.71. The fourth-order valence-corrected chi connectivity index (χ4v) is 4.05. The van der Waals surface area contributed by atoms with E-state index >= 15 is 0 Å². The molecule has 0 radical (unpaired) electrons. The SMILES string of the molecule is CC(C)(C)C1CCC(NC2CCC(C(F)(F)F)CC2)CC1. The number of halogens is 3. The van der Waals surface area contributed by atoms with E-state index < -0.39 is 12.1 Å². The molecule has 0 atom stereocenters. The molecular formula is C17H30F3N. The lowest BCUT2D eigenvalue weighted by molar-refractivity contribution is -0.182. The van der Waals surface area contributed by atoms with Gasteiger partial charge in [-0.1, -0.05) is 20.8 Å². The molecule has 0 aromatic heterocycles. The third kappa shape index (κ3) is 4.87. The smallest absolute Gasteiger partial charge is 0.311 e. The summed E-state index contributed by atoms with van der Waals surface area (Å²) < 4.78 is 38.0. The number of nitrogens with one attached hydrogen (secondary N) is 1. The number of alkyl halides is 3. The zero-order valence-corrected chi connectivity index (χ0v) is 13.6. The molecule has 1 nitrogen and oxygen atoms in total. The Morgan fingerprint density at radius 3 is 1.38 bits per heavy atom. The van der Waals surface area contributed by atoms with E-state index in [0.717, 1.165) is 5.92 Å². The first-order chi connectivity index (χ1) is 9.66. The first kappa shape index (κ1) is 17.1. The summed E-state index contributed by atoms with van der Waals surface area (Å²) in [4.78, 5) is 0. The van der Waals surface area contributed by atoms with Crippen molar-refractivity contribution in [2.75, 3.05) is 0 Å². The second-order valence-corrected chi connectivity index (χ2v) is 8.17. The Morgan fingerprint density at radius 2 is 1.05 bits per heavy atom. The highest BCUT2D eigenvalue weighted by Crippen LogP contribution is 2.40. The molecule has 2 rings (SSSR count). The standard InChI is InChI=1S/C17H30F3N/c1-16(2,3)12-4-8-14(9-5-12)21-15-10-6-13(7-11-15)17(18,19)20/h12-15,21H,4-11H2,1-3H3. The Kier molecular flexibility index (Phi) is 5.27. The van der Waals surface area contributed by atoms with Crippen molar-refractivity contribution in [2.45, 2.75) is 90.4 Å². The summed E-state index contributed by atoms with van der Waals surface area (Å²) in [6.07, 6.45) is 2.85. The maximum absolute atomic E-state index is 12.7. The predicted octanol–water partition coefficient (Wildman–Crippen LogP) is 5.30. The molecule has 0 aliphatic heterocycles. The number of rotatable bonds is 2. The molecule has 2 fully saturated rings. The van der Waals surface area contributed by atoms with E-state index in [4.69, 9.17) is 0 Å². The van der Waals surface area contributed by atoms with Crippen LogP contribution < -0.4 is 5.32 Å². The highest BCUT2D eigenvalue weighted by Gasteiger charge is 2.41. The second kappa shape index (κ2) is 6.47. The minimum Gasteiger partial charge on any atom is -0.311 e. The molecule has 0 aromatic rings. The van der Waals surface area contributed by atoms with Gasteiger partial charge in [-0.2, -0.15) is 13.2 Å². The topological polar surface area (TPSA) is 12.0 Å².